The van der Waals surface area contributed by atoms with Crippen LogP contribution < -0.4 is 16.4 Å². The first kappa shape index (κ1) is 13.2. The fourth-order valence-corrected chi connectivity index (χ4v) is 2.94. The number of piperidine rings is 1. The molecule has 20 heavy (non-hydrogen) atoms. The molecule has 2 aliphatic heterocycles. The van der Waals surface area contributed by atoms with Crippen LogP contribution in [0.3, 0.4) is 0 Å². The van der Waals surface area contributed by atoms with E-state index in [2.05, 4.69) is 28.6 Å². The van der Waals surface area contributed by atoms with E-state index in [0.717, 1.165) is 43.7 Å². The number of benzene rings is 1. The predicted molar refractivity (Wildman–Crippen MR) is 81.9 cm³/mol. The fraction of sp³-hybridized carbons (Fsp3) is 0.533. The van der Waals surface area contributed by atoms with E-state index < -0.39 is 0 Å². The third-order valence-electron chi connectivity index (χ3n) is 4.25. The molecule has 0 unspecified atom stereocenters. The lowest BCUT2D eigenvalue weighted by molar-refractivity contribution is -0.116. The van der Waals surface area contributed by atoms with Gasteiger partial charge in [0.1, 0.15) is 0 Å². The summed E-state index contributed by atoms with van der Waals surface area (Å²) in [5, 5.41) is 6.45. The highest BCUT2D eigenvalue weighted by Gasteiger charge is 2.20. The highest BCUT2D eigenvalue weighted by molar-refractivity contribution is 5.95. The van der Waals surface area contributed by atoms with Crippen LogP contribution in [0.1, 0.15) is 24.8 Å². The van der Waals surface area contributed by atoms with Crippen molar-refractivity contribution in [2.24, 2.45) is 0 Å². The number of rotatable bonds is 2. The lowest BCUT2D eigenvalue weighted by atomic mass is 10.00. The summed E-state index contributed by atoms with van der Waals surface area (Å²) in [5.41, 5.74) is 9.88. The molecule has 0 aromatic heterocycles. The number of amides is 1. The number of aryl methyl sites for hydroxylation is 1. The number of hydrogen-bond donors (Lipinski definition) is 3. The average Bonchev–Trinajstić information content (AvgIpc) is 2.42. The van der Waals surface area contributed by atoms with Gasteiger partial charge in [0, 0.05) is 18.2 Å². The number of nitrogens with two attached hydrogens (primary N) is 1. The van der Waals surface area contributed by atoms with Gasteiger partial charge in [-0.15, -0.1) is 0 Å². The van der Waals surface area contributed by atoms with Gasteiger partial charge < -0.3 is 21.3 Å². The van der Waals surface area contributed by atoms with Gasteiger partial charge >= 0.3 is 0 Å². The van der Waals surface area contributed by atoms with Crippen molar-refractivity contribution in [1.82, 2.24) is 4.90 Å². The molecule has 0 aliphatic carbocycles. The molecule has 1 aromatic carbocycles. The minimum atomic E-state index is 0.0768. The topological polar surface area (TPSA) is 70.4 Å². The number of nitrogens with zero attached hydrogens (tertiary/aromatic N) is 1. The first-order valence-electron chi connectivity index (χ1n) is 7.29. The quantitative estimate of drug-likeness (QED) is 0.717. The summed E-state index contributed by atoms with van der Waals surface area (Å²) < 4.78 is 0. The highest BCUT2D eigenvalue weighted by Crippen LogP contribution is 2.32. The van der Waals surface area contributed by atoms with Crippen LogP contribution in [-0.4, -0.2) is 37.0 Å². The summed E-state index contributed by atoms with van der Waals surface area (Å²) in [6.45, 7) is 2.25. The van der Waals surface area contributed by atoms with E-state index >= 15 is 0 Å². The van der Waals surface area contributed by atoms with E-state index in [9.17, 15) is 4.79 Å². The Morgan fingerprint density at radius 1 is 1.30 bits per heavy atom. The zero-order chi connectivity index (χ0) is 14.1. The van der Waals surface area contributed by atoms with E-state index in [0.29, 0.717) is 18.2 Å². The normalized spacial score (nSPS) is 20.4. The second kappa shape index (κ2) is 5.32. The monoisotopic (exact) mass is 274 g/mol. The summed E-state index contributed by atoms with van der Waals surface area (Å²) in [6, 6.07) is 4.47. The van der Waals surface area contributed by atoms with Gasteiger partial charge in [-0.3, -0.25) is 4.79 Å². The molecule has 2 aliphatic rings. The van der Waals surface area contributed by atoms with Gasteiger partial charge in [0.05, 0.1) is 11.4 Å². The van der Waals surface area contributed by atoms with Crippen LogP contribution in [0.15, 0.2) is 12.1 Å². The third-order valence-corrected chi connectivity index (χ3v) is 4.25. The molecule has 2 heterocycles. The molecule has 0 bridgehead atoms. The molecule has 0 radical (unpaired) electrons. The van der Waals surface area contributed by atoms with Crippen molar-refractivity contribution in [3.63, 3.8) is 0 Å². The van der Waals surface area contributed by atoms with Crippen LogP contribution in [-0.2, 0) is 11.2 Å². The number of hydrogen-bond acceptors (Lipinski definition) is 4. The largest absolute Gasteiger partial charge is 0.397 e. The number of anilines is 3. The molecule has 0 atom stereocenters. The Bertz CT molecular complexity index is 521. The maximum Gasteiger partial charge on any atom is 0.224 e. The Kier molecular flexibility index (Phi) is 3.53. The number of likely N-dealkylation sites (tertiary alicyclic amines) is 1. The van der Waals surface area contributed by atoms with Crippen LogP contribution in [0.25, 0.3) is 0 Å². The van der Waals surface area contributed by atoms with Crippen molar-refractivity contribution < 1.29 is 4.79 Å². The molecule has 0 saturated carbocycles. The number of carbonyl (C=O) groups is 1. The summed E-state index contributed by atoms with van der Waals surface area (Å²) in [6.07, 6.45) is 3.64. The van der Waals surface area contributed by atoms with Crippen molar-refractivity contribution in [2.45, 2.75) is 31.7 Å². The zero-order valence-corrected chi connectivity index (χ0v) is 11.9. The minimum absolute atomic E-state index is 0.0768. The summed E-state index contributed by atoms with van der Waals surface area (Å²) >= 11 is 0. The third kappa shape index (κ3) is 2.72. The van der Waals surface area contributed by atoms with Crippen molar-refractivity contribution in [2.75, 3.05) is 36.5 Å². The molecule has 1 fully saturated rings. The molecule has 5 nitrogen and oxygen atoms in total. The Labute approximate surface area is 119 Å². The SMILES string of the molecule is CN1CCC(Nc2cc3c(cc2N)NC(=O)CC3)CC1. The minimum Gasteiger partial charge on any atom is -0.397 e. The molecular weight excluding hydrogens is 252 g/mol. The van der Waals surface area contributed by atoms with Crippen molar-refractivity contribution in [3.8, 4) is 0 Å². The van der Waals surface area contributed by atoms with Crippen LogP contribution >= 0.6 is 0 Å². The van der Waals surface area contributed by atoms with Gasteiger partial charge in [0.2, 0.25) is 5.91 Å². The molecule has 108 valence electrons. The maximum absolute atomic E-state index is 11.4. The van der Waals surface area contributed by atoms with E-state index in [1.54, 1.807) is 0 Å². The Hall–Kier alpha value is -1.75. The average molecular weight is 274 g/mol. The van der Waals surface area contributed by atoms with E-state index in [4.69, 9.17) is 5.73 Å². The van der Waals surface area contributed by atoms with Crippen molar-refractivity contribution >= 4 is 23.0 Å². The van der Waals surface area contributed by atoms with E-state index in [-0.39, 0.29) is 5.91 Å². The Balaban J connectivity index is 1.75. The number of carbonyl (C=O) groups excluding carboxylic acids is 1. The molecular formula is C15H22N4O. The van der Waals surface area contributed by atoms with Gasteiger partial charge in [0.25, 0.3) is 0 Å². The van der Waals surface area contributed by atoms with Crippen LogP contribution in [0.2, 0.25) is 0 Å². The second-order valence-electron chi connectivity index (χ2n) is 5.87. The first-order chi connectivity index (χ1) is 9.61. The highest BCUT2D eigenvalue weighted by atomic mass is 16.1. The molecule has 4 N–H and O–H groups in total. The zero-order valence-electron chi connectivity index (χ0n) is 11.9. The van der Waals surface area contributed by atoms with Gasteiger partial charge in [-0.25, -0.2) is 0 Å². The molecule has 1 amide bonds. The maximum atomic E-state index is 11.4. The summed E-state index contributed by atoms with van der Waals surface area (Å²) in [5.74, 6) is 0.0768. The van der Waals surface area contributed by atoms with E-state index in [1.807, 2.05) is 6.07 Å². The van der Waals surface area contributed by atoms with E-state index in [1.165, 1.54) is 5.56 Å². The molecule has 3 rings (SSSR count). The Morgan fingerprint density at radius 3 is 2.80 bits per heavy atom. The standard InChI is InChI=1S/C15H22N4O/c1-19-6-4-11(5-7-19)17-14-8-10-2-3-15(20)18-13(10)9-12(14)16/h8-9,11,17H,2-7,16H2,1H3,(H,18,20). The van der Waals surface area contributed by atoms with Crippen molar-refractivity contribution in [3.05, 3.63) is 17.7 Å². The molecule has 1 aromatic rings. The first-order valence-corrected chi connectivity index (χ1v) is 7.29. The summed E-state index contributed by atoms with van der Waals surface area (Å²) in [4.78, 5) is 13.7. The summed E-state index contributed by atoms with van der Waals surface area (Å²) in [7, 11) is 2.16. The van der Waals surface area contributed by atoms with Gasteiger partial charge in [-0.05, 0) is 57.1 Å². The molecule has 1 saturated heterocycles. The number of nitrogen functional groups attached to an aromatic ring is 1. The van der Waals surface area contributed by atoms with Gasteiger partial charge in [-0.1, -0.05) is 0 Å². The van der Waals surface area contributed by atoms with Crippen molar-refractivity contribution in [1.29, 1.82) is 0 Å². The number of nitrogens with one attached hydrogen (secondary N) is 2. The smallest absolute Gasteiger partial charge is 0.224 e. The second-order valence-corrected chi connectivity index (χ2v) is 5.87. The lowest BCUT2D eigenvalue weighted by Gasteiger charge is -2.31. The Morgan fingerprint density at radius 2 is 2.05 bits per heavy atom. The van der Waals surface area contributed by atoms with Crippen LogP contribution in [0, 0.1) is 0 Å². The molecule has 0 spiro atoms. The van der Waals surface area contributed by atoms with Gasteiger partial charge in [-0.2, -0.15) is 0 Å². The van der Waals surface area contributed by atoms with Gasteiger partial charge in [0.15, 0.2) is 0 Å². The lowest BCUT2D eigenvalue weighted by Crippen LogP contribution is -2.36. The van der Waals surface area contributed by atoms with Crippen LogP contribution in [0.5, 0.6) is 0 Å². The van der Waals surface area contributed by atoms with Crippen LogP contribution in [0.4, 0.5) is 17.1 Å². The molecule has 5 heteroatoms. The fourth-order valence-electron chi connectivity index (χ4n) is 2.94. The number of fused-ring (bicyclic) bond motifs is 1. The predicted octanol–water partition coefficient (Wildman–Crippen LogP) is 1.66.